The van der Waals surface area contributed by atoms with Gasteiger partial charge in [0.25, 0.3) is 0 Å². The summed E-state index contributed by atoms with van der Waals surface area (Å²) in [5.41, 5.74) is 0. The minimum atomic E-state index is -0.463. The molecule has 1 aromatic rings. The van der Waals surface area contributed by atoms with Gasteiger partial charge in [0.2, 0.25) is 5.28 Å². The van der Waals surface area contributed by atoms with Crippen LogP contribution in [0.15, 0.2) is 6.20 Å². The van der Waals surface area contributed by atoms with Crippen molar-refractivity contribution in [3.05, 3.63) is 17.3 Å². The first-order valence-corrected chi connectivity index (χ1v) is 7.67. The van der Waals surface area contributed by atoms with Crippen molar-refractivity contribution in [3.8, 4) is 0 Å². The SMILES string of the molecule is CN(CCCNc1nc(Cl)ncc1F)C1CCCCC1. The van der Waals surface area contributed by atoms with E-state index in [-0.39, 0.29) is 11.1 Å². The summed E-state index contributed by atoms with van der Waals surface area (Å²) < 4.78 is 13.4. The number of halogens is 2. The molecule has 1 N–H and O–H groups in total. The molecule has 0 unspecified atom stereocenters. The Morgan fingerprint density at radius 2 is 2.15 bits per heavy atom. The fraction of sp³-hybridized carbons (Fsp3) is 0.714. The van der Waals surface area contributed by atoms with Crippen LogP contribution in [0.5, 0.6) is 0 Å². The van der Waals surface area contributed by atoms with E-state index in [9.17, 15) is 4.39 Å². The Bertz CT molecular complexity index is 424. The maximum atomic E-state index is 13.4. The fourth-order valence-electron chi connectivity index (χ4n) is 2.71. The number of nitrogens with zero attached hydrogens (tertiary/aromatic N) is 3. The van der Waals surface area contributed by atoms with E-state index in [2.05, 4.69) is 27.2 Å². The van der Waals surface area contributed by atoms with Gasteiger partial charge in [0.05, 0.1) is 6.20 Å². The lowest BCUT2D eigenvalue weighted by atomic mass is 9.94. The quantitative estimate of drug-likeness (QED) is 0.646. The second kappa shape index (κ2) is 7.74. The first-order chi connectivity index (χ1) is 9.66. The molecule has 20 heavy (non-hydrogen) atoms. The maximum absolute atomic E-state index is 13.4. The molecular weight excluding hydrogens is 279 g/mol. The highest BCUT2D eigenvalue weighted by atomic mass is 35.5. The van der Waals surface area contributed by atoms with E-state index in [0.29, 0.717) is 12.6 Å². The molecule has 0 saturated heterocycles. The van der Waals surface area contributed by atoms with E-state index >= 15 is 0 Å². The van der Waals surface area contributed by atoms with Gasteiger partial charge in [0.15, 0.2) is 11.6 Å². The van der Waals surface area contributed by atoms with Gasteiger partial charge >= 0.3 is 0 Å². The third-order valence-corrected chi connectivity index (χ3v) is 4.07. The Labute approximate surface area is 124 Å². The molecule has 0 radical (unpaired) electrons. The van der Waals surface area contributed by atoms with Crippen molar-refractivity contribution in [2.45, 2.75) is 44.6 Å². The molecule has 0 atom stereocenters. The second-order valence-electron chi connectivity index (χ2n) is 5.39. The summed E-state index contributed by atoms with van der Waals surface area (Å²) in [6, 6.07) is 0.717. The maximum Gasteiger partial charge on any atom is 0.224 e. The topological polar surface area (TPSA) is 41.0 Å². The van der Waals surface area contributed by atoms with Crippen molar-refractivity contribution < 1.29 is 4.39 Å². The normalized spacial score (nSPS) is 16.6. The molecule has 1 aliphatic carbocycles. The standard InChI is InChI=1S/C14H22ClFN4/c1-20(11-6-3-2-4-7-11)9-5-8-17-13-12(16)10-18-14(15)19-13/h10-11H,2-9H2,1H3,(H,17,18,19). The van der Waals surface area contributed by atoms with E-state index in [4.69, 9.17) is 11.6 Å². The van der Waals surface area contributed by atoms with Gasteiger partial charge in [0, 0.05) is 12.6 Å². The third kappa shape index (κ3) is 4.56. The van der Waals surface area contributed by atoms with E-state index < -0.39 is 5.82 Å². The van der Waals surface area contributed by atoms with Crippen LogP contribution in [0.25, 0.3) is 0 Å². The van der Waals surface area contributed by atoms with Crippen molar-refractivity contribution in [3.63, 3.8) is 0 Å². The molecule has 0 bridgehead atoms. The predicted molar refractivity (Wildman–Crippen MR) is 79.6 cm³/mol. The Kier molecular flexibility index (Phi) is 5.98. The van der Waals surface area contributed by atoms with E-state index in [1.807, 2.05) is 0 Å². The van der Waals surface area contributed by atoms with Crippen molar-refractivity contribution >= 4 is 17.4 Å². The van der Waals surface area contributed by atoms with Crippen LogP contribution >= 0.6 is 11.6 Å². The number of nitrogens with one attached hydrogen (secondary N) is 1. The van der Waals surface area contributed by atoms with Gasteiger partial charge in [-0.25, -0.2) is 9.37 Å². The van der Waals surface area contributed by atoms with Crippen molar-refractivity contribution in [1.29, 1.82) is 0 Å². The van der Waals surface area contributed by atoms with Gasteiger partial charge in [0.1, 0.15) is 0 Å². The highest BCUT2D eigenvalue weighted by Gasteiger charge is 2.17. The molecule has 0 spiro atoms. The molecule has 2 rings (SSSR count). The third-order valence-electron chi connectivity index (χ3n) is 3.89. The smallest absolute Gasteiger partial charge is 0.224 e. The molecule has 0 aliphatic heterocycles. The van der Waals surface area contributed by atoms with Crippen molar-refractivity contribution in [2.75, 3.05) is 25.5 Å². The summed E-state index contributed by atoms with van der Waals surface area (Å²) in [7, 11) is 2.18. The van der Waals surface area contributed by atoms with Crippen LogP contribution in [0.1, 0.15) is 38.5 Å². The van der Waals surface area contributed by atoms with Crippen molar-refractivity contribution in [2.24, 2.45) is 0 Å². The lowest BCUT2D eigenvalue weighted by Crippen LogP contribution is -2.34. The molecule has 112 valence electrons. The summed E-state index contributed by atoms with van der Waals surface area (Å²) in [5, 5.41) is 3.04. The second-order valence-corrected chi connectivity index (χ2v) is 5.73. The molecule has 1 fully saturated rings. The largest absolute Gasteiger partial charge is 0.367 e. The van der Waals surface area contributed by atoms with Gasteiger partial charge in [-0.05, 0) is 44.5 Å². The molecule has 1 saturated carbocycles. The van der Waals surface area contributed by atoms with Crippen molar-refractivity contribution in [1.82, 2.24) is 14.9 Å². The molecule has 1 heterocycles. The van der Waals surface area contributed by atoms with E-state index in [1.54, 1.807) is 0 Å². The van der Waals surface area contributed by atoms with Crippen LogP contribution in [0.2, 0.25) is 5.28 Å². The van der Waals surface area contributed by atoms with Crippen LogP contribution in [0.4, 0.5) is 10.2 Å². The first kappa shape index (κ1) is 15.4. The zero-order valence-electron chi connectivity index (χ0n) is 11.9. The summed E-state index contributed by atoms with van der Waals surface area (Å²) >= 11 is 5.64. The highest BCUT2D eigenvalue weighted by Crippen LogP contribution is 2.21. The molecule has 1 aliphatic rings. The van der Waals surface area contributed by atoms with E-state index in [0.717, 1.165) is 19.2 Å². The number of aromatic nitrogens is 2. The molecule has 0 amide bonds. The van der Waals surface area contributed by atoms with Gasteiger partial charge in [-0.3, -0.25) is 0 Å². The Balaban J connectivity index is 1.69. The minimum absolute atomic E-state index is 0.0632. The zero-order valence-corrected chi connectivity index (χ0v) is 12.7. The van der Waals surface area contributed by atoms with Crippen LogP contribution in [-0.4, -0.2) is 41.0 Å². The number of anilines is 1. The molecule has 4 nitrogen and oxygen atoms in total. The van der Waals surface area contributed by atoms with Gasteiger partial charge in [-0.2, -0.15) is 4.98 Å². The van der Waals surface area contributed by atoms with Gasteiger partial charge < -0.3 is 10.2 Å². The van der Waals surface area contributed by atoms with Crippen LogP contribution in [-0.2, 0) is 0 Å². The lowest BCUT2D eigenvalue weighted by Gasteiger charge is -2.31. The molecular formula is C14H22ClFN4. The van der Waals surface area contributed by atoms with Gasteiger partial charge in [-0.15, -0.1) is 0 Å². The minimum Gasteiger partial charge on any atom is -0.367 e. The number of rotatable bonds is 6. The van der Waals surface area contributed by atoms with Crippen LogP contribution in [0, 0.1) is 5.82 Å². The Morgan fingerprint density at radius 3 is 2.90 bits per heavy atom. The zero-order chi connectivity index (χ0) is 14.4. The summed E-state index contributed by atoms with van der Waals surface area (Å²) in [6.07, 6.45) is 8.72. The summed E-state index contributed by atoms with van der Waals surface area (Å²) in [4.78, 5) is 9.84. The molecule has 0 aromatic carbocycles. The Morgan fingerprint density at radius 1 is 1.40 bits per heavy atom. The summed E-state index contributed by atoms with van der Waals surface area (Å²) in [5.74, 6) is -0.277. The number of hydrogen-bond acceptors (Lipinski definition) is 4. The molecule has 1 aromatic heterocycles. The Hall–Kier alpha value is -0.940. The predicted octanol–water partition coefficient (Wildman–Crippen LogP) is 3.34. The average Bonchev–Trinajstić information content (AvgIpc) is 2.47. The average molecular weight is 301 g/mol. The van der Waals surface area contributed by atoms with E-state index in [1.165, 1.54) is 32.1 Å². The monoisotopic (exact) mass is 300 g/mol. The van der Waals surface area contributed by atoms with Gasteiger partial charge in [-0.1, -0.05) is 19.3 Å². The van der Waals surface area contributed by atoms with Crippen LogP contribution < -0.4 is 5.32 Å². The number of hydrogen-bond donors (Lipinski definition) is 1. The highest BCUT2D eigenvalue weighted by molar-refractivity contribution is 6.28. The first-order valence-electron chi connectivity index (χ1n) is 7.29. The summed E-state index contributed by atoms with van der Waals surface area (Å²) in [6.45, 7) is 1.69. The molecule has 6 heteroatoms. The fourth-order valence-corrected chi connectivity index (χ4v) is 2.84. The lowest BCUT2D eigenvalue weighted by molar-refractivity contribution is 0.191. The van der Waals surface area contributed by atoms with Crippen LogP contribution in [0.3, 0.4) is 0 Å².